The first-order valence-corrected chi connectivity index (χ1v) is 6.16. The Morgan fingerprint density at radius 2 is 2.28 bits per heavy atom. The van der Waals surface area contributed by atoms with Crippen LogP contribution >= 0.6 is 11.3 Å². The molecule has 0 radical (unpaired) electrons. The van der Waals surface area contributed by atoms with Crippen LogP contribution < -0.4 is 5.32 Å². The van der Waals surface area contributed by atoms with Crippen molar-refractivity contribution in [1.29, 1.82) is 0 Å². The summed E-state index contributed by atoms with van der Waals surface area (Å²) in [5, 5.41) is 13.5. The molecule has 90 valence electrons. The summed E-state index contributed by atoms with van der Waals surface area (Å²) < 4.78 is 5.44. The van der Waals surface area contributed by atoms with Gasteiger partial charge in [-0.25, -0.2) is 4.98 Å². The molecule has 0 aliphatic rings. The maximum atomic E-state index is 5.44. The van der Waals surface area contributed by atoms with Gasteiger partial charge >= 0.3 is 6.01 Å². The van der Waals surface area contributed by atoms with Crippen LogP contribution in [0.1, 0.15) is 5.56 Å². The van der Waals surface area contributed by atoms with Gasteiger partial charge in [-0.2, -0.15) is 0 Å². The van der Waals surface area contributed by atoms with Gasteiger partial charge in [-0.1, -0.05) is 11.2 Å². The molecule has 1 N–H and O–H groups in total. The van der Waals surface area contributed by atoms with Crippen LogP contribution in [-0.4, -0.2) is 20.2 Å². The zero-order valence-corrected chi connectivity index (χ0v) is 10.1. The van der Waals surface area contributed by atoms with Crippen molar-refractivity contribution in [3.05, 3.63) is 41.7 Å². The highest BCUT2D eigenvalue weighted by atomic mass is 32.1. The quantitative estimate of drug-likeness (QED) is 0.774. The fourth-order valence-corrected chi connectivity index (χ4v) is 1.95. The van der Waals surface area contributed by atoms with Crippen LogP contribution in [0, 0.1) is 0 Å². The lowest BCUT2D eigenvalue weighted by Crippen LogP contribution is -1.99. The average Bonchev–Trinajstić information content (AvgIpc) is 3.08. The molecule has 0 aliphatic heterocycles. The highest BCUT2D eigenvalue weighted by Gasteiger charge is 2.09. The second-order valence-electron chi connectivity index (χ2n) is 3.46. The number of nitrogens with zero attached hydrogens (tertiary/aromatic N) is 4. The Morgan fingerprint density at radius 3 is 3.06 bits per heavy atom. The Labute approximate surface area is 107 Å². The van der Waals surface area contributed by atoms with E-state index in [9.17, 15) is 0 Å². The van der Waals surface area contributed by atoms with E-state index < -0.39 is 0 Å². The third kappa shape index (κ3) is 2.35. The van der Waals surface area contributed by atoms with Gasteiger partial charge in [0.1, 0.15) is 0 Å². The fourth-order valence-electron chi connectivity index (χ4n) is 1.39. The molecule has 0 fully saturated rings. The van der Waals surface area contributed by atoms with Gasteiger partial charge in [-0.3, -0.25) is 4.98 Å². The molecule has 0 aliphatic carbocycles. The monoisotopic (exact) mass is 259 g/mol. The minimum Gasteiger partial charge on any atom is -0.401 e. The first-order valence-electron chi connectivity index (χ1n) is 5.28. The van der Waals surface area contributed by atoms with E-state index >= 15 is 0 Å². The van der Waals surface area contributed by atoms with Gasteiger partial charge in [0.05, 0.1) is 0 Å². The van der Waals surface area contributed by atoms with Gasteiger partial charge in [-0.15, -0.1) is 16.4 Å². The molecule has 3 aromatic heterocycles. The average molecular weight is 259 g/mol. The number of pyridine rings is 1. The van der Waals surface area contributed by atoms with E-state index in [1.165, 1.54) is 11.3 Å². The highest BCUT2D eigenvalue weighted by molar-refractivity contribution is 7.12. The zero-order chi connectivity index (χ0) is 12.2. The van der Waals surface area contributed by atoms with E-state index in [4.69, 9.17) is 4.42 Å². The highest BCUT2D eigenvalue weighted by Crippen LogP contribution is 2.21. The topological polar surface area (TPSA) is 76.7 Å². The number of aromatic nitrogens is 4. The van der Waals surface area contributed by atoms with E-state index in [1.54, 1.807) is 18.6 Å². The zero-order valence-electron chi connectivity index (χ0n) is 9.28. The van der Waals surface area contributed by atoms with Crippen molar-refractivity contribution < 1.29 is 4.42 Å². The van der Waals surface area contributed by atoms with Crippen molar-refractivity contribution in [3.63, 3.8) is 0 Å². The molecule has 0 saturated carbocycles. The summed E-state index contributed by atoms with van der Waals surface area (Å²) in [5.41, 5.74) is 1.05. The molecule has 3 rings (SSSR count). The van der Waals surface area contributed by atoms with Crippen molar-refractivity contribution in [2.75, 3.05) is 5.32 Å². The third-order valence-corrected chi connectivity index (χ3v) is 2.97. The second kappa shape index (κ2) is 4.92. The molecule has 3 aromatic rings. The smallest absolute Gasteiger partial charge is 0.316 e. The van der Waals surface area contributed by atoms with Gasteiger partial charge in [0.15, 0.2) is 5.01 Å². The number of thiazole rings is 1. The van der Waals surface area contributed by atoms with Crippen molar-refractivity contribution in [2.45, 2.75) is 6.54 Å². The minimum atomic E-state index is 0.379. The standard InChI is InChI=1S/C11H9N5OS/c1-2-8(6-12-3-1)7-14-11-16-15-9(17-11)10-13-4-5-18-10/h1-6H,7H2,(H,14,16). The van der Waals surface area contributed by atoms with Gasteiger partial charge in [0.25, 0.3) is 5.89 Å². The van der Waals surface area contributed by atoms with Crippen LogP contribution in [0.4, 0.5) is 6.01 Å². The fraction of sp³-hybridized carbons (Fsp3) is 0.0909. The summed E-state index contributed by atoms with van der Waals surface area (Å²) in [5.74, 6) is 0.429. The van der Waals surface area contributed by atoms with Crippen molar-refractivity contribution in [3.8, 4) is 10.9 Å². The van der Waals surface area contributed by atoms with Gasteiger partial charge in [0, 0.05) is 30.5 Å². The predicted octanol–water partition coefficient (Wildman–Crippen LogP) is 2.20. The van der Waals surface area contributed by atoms with Gasteiger partial charge < -0.3 is 9.73 Å². The first-order chi connectivity index (χ1) is 8.92. The van der Waals surface area contributed by atoms with Crippen LogP contribution in [0.5, 0.6) is 0 Å². The molecule has 3 heterocycles. The Morgan fingerprint density at radius 1 is 1.28 bits per heavy atom. The summed E-state index contributed by atoms with van der Waals surface area (Å²) in [6.07, 6.45) is 5.22. The molecule has 18 heavy (non-hydrogen) atoms. The lowest BCUT2D eigenvalue weighted by Gasteiger charge is -1.99. The molecule has 7 heteroatoms. The Balaban J connectivity index is 1.68. The van der Waals surface area contributed by atoms with Gasteiger partial charge in [0.2, 0.25) is 0 Å². The van der Waals surface area contributed by atoms with E-state index in [2.05, 4.69) is 25.5 Å². The maximum absolute atomic E-state index is 5.44. The molecule has 0 spiro atoms. The number of nitrogens with one attached hydrogen (secondary N) is 1. The molecular formula is C11H9N5OS. The lowest BCUT2D eigenvalue weighted by atomic mass is 10.3. The number of hydrogen-bond donors (Lipinski definition) is 1. The SMILES string of the molecule is c1cncc(CNc2nnc(-c3nccs3)o2)c1. The van der Waals surface area contributed by atoms with Gasteiger partial charge in [-0.05, 0) is 11.6 Å². The van der Waals surface area contributed by atoms with E-state index in [0.717, 1.165) is 10.6 Å². The van der Waals surface area contributed by atoms with Crippen molar-refractivity contribution in [1.82, 2.24) is 20.2 Å². The molecule has 0 aromatic carbocycles. The molecule has 0 bridgehead atoms. The minimum absolute atomic E-state index is 0.379. The van der Waals surface area contributed by atoms with E-state index in [1.807, 2.05) is 17.5 Å². The van der Waals surface area contributed by atoms with Crippen LogP contribution in [0.25, 0.3) is 10.9 Å². The molecule has 0 saturated heterocycles. The molecule has 0 unspecified atom stereocenters. The number of hydrogen-bond acceptors (Lipinski definition) is 7. The number of rotatable bonds is 4. The first kappa shape index (κ1) is 10.8. The van der Waals surface area contributed by atoms with Crippen molar-refractivity contribution >= 4 is 17.4 Å². The third-order valence-electron chi connectivity index (χ3n) is 2.21. The second-order valence-corrected chi connectivity index (χ2v) is 4.36. The predicted molar refractivity (Wildman–Crippen MR) is 67.0 cm³/mol. The lowest BCUT2D eigenvalue weighted by molar-refractivity contribution is 0.580. The molecule has 0 atom stereocenters. The summed E-state index contributed by atoms with van der Waals surface area (Å²) >= 11 is 1.46. The van der Waals surface area contributed by atoms with Crippen molar-refractivity contribution in [2.24, 2.45) is 0 Å². The van der Waals surface area contributed by atoms with Crippen LogP contribution in [0.3, 0.4) is 0 Å². The maximum Gasteiger partial charge on any atom is 0.316 e. The summed E-state index contributed by atoms with van der Waals surface area (Å²) in [4.78, 5) is 8.13. The van der Waals surface area contributed by atoms with E-state index in [0.29, 0.717) is 18.5 Å². The molecule has 0 amide bonds. The summed E-state index contributed by atoms with van der Waals surface area (Å²) in [7, 11) is 0. The van der Waals surface area contributed by atoms with Crippen LogP contribution in [0.2, 0.25) is 0 Å². The summed E-state index contributed by atoms with van der Waals surface area (Å²) in [6.45, 7) is 0.591. The van der Waals surface area contributed by atoms with Crippen LogP contribution in [0.15, 0.2) is 40.5 Å². The summed E-state index contributed by atoms with van der Waals surface area (Å²) in [6, 6.07) is 4.23. The Hall–Kier alpha value is -2.28. The Bertz CT molecular complexity index is 607. The van der Waals surface area contributed by atoms with Crippen LogP contribution in [-0.2, 0) is 6.54 Å². The Kier molecular flexibility index (Phi) is 2.97. The largest absolute Gasteiger partial charge is 0.401 e. The molecule has 6 nitrogen and oxygen atoms in total. The van der Waals surface area contributed by atoms with E-state index in [-0.39, 0.29) is 0 Å². The number of anilines is 1. The molecular weight excluding hydrogens is 250 g/mol. The normalized spacial score (nSPS) is 10.4.